The molecule has 0 bridgehead atoms. The molecule has 1 aromatic heterocycles. The first kappa shape index (κ1) is 16.7. The average molecular weight is 369 g/mol. The summed E-state index contributed by atoms with van der Waals surface area (Å²) in [5.74, 6) is 0.713. The SMILES string of the molecule is O=C(Cc1ccccc1)Nc1c2c(nn1-c1ccc(F)cc1)C[S@](=O)C2. The lowest BCUT2D eigenvalue weighted by Crippen LogP contribution is -2.18. The van der Waals surface area contributed by atoms with Crippen LogP contribution in [-0.2, 0) is 33.5 Å². The fraction of sp³-hybridized carbons (Fsp3) is 0.158. The van der Waals surface area contributed by atoms with Gasteiger partial charge in [0.25, 0.3) is 0 Å². The molecule has 0 aliphatic carbocycles. The van der Waals surface area contributed by atoms with Crippen LogP contribution in [0.25, 0.3) is 5.69 Å². The molecule has 5 nitrogen and oxygen atoms in total. The zero-order valence-electron chi connectivity index (χ0n) is 13.8. The molecule has 0 fully saturated rings. The van der Waals surface area contributed by atoms with Gasteiger partial charge >= 0.3 is 0 Å². The van der Waals surface area contributed by atoms with Gasteiger partial charge in [-0.3, -0.25) is 9.00 Å². The normalized spacial score (nSPS) is 15.7. The number of anilines is 1. The summed E-state index contributed by atoms with van der Waals surface area (Å²) in [5.41, 5.74) is 3.04. The minimum absolute atomic E-state index is 0.181. The summed E-state index contributed by atoms with van der Waals surface area (Å²) in [6, 6.07) is 15.3. The maximum atomic E-state index is 13.2. The maximum absolute atomic E-state index is 13.2. The Morgan fingerprint density at radius 2 is 1.85 bits per heavy atom. The third-order valence-corrected chi connectivity index (χ3v) is 5.41. The molecule has 1 aliphatic heterocycles. The quantitative estimate of drug-likeness (QED) is 0.769. The lowest BCUT2D eigenvalue weighted by atomic mass is 10.1. The topological polar surface area (TPSA) is 64.0 Å². The molecule has 1 N–H and O–H groups in total. The summed E-state index contributed by atoms with van der Waals surface area (Å²) in [6.45, 7) is 0. The molecule has 1 aliphatic rings. The summed E-state index contributed by atoms with van der Waals surface area (Å²) in [5, 5.41) is 7.39. The van der Waals surface area contributed by atoms with Crippen molar-refractivity contribution in [2.45, 2.75) is 17.9 Å². The van der Waals surface area contributed by atoms with Crippen LogP contribution in [0.15, 0.2) is 54.6 Å². The van der Waals surface area contributed by atoms with Gasteiger partial charge in [-0.25, -0.2) is 9.07 Å². The van der Waals surface area contributed by atoms with Crippen LogP contribution < -0.4 is 5.32 Å². The minimum atomic E-state index is -1.01. The summed E-state index contributed by atoms with van der Waals surface area (Å²) >= 11 is 0. The van der Waals surface area contributed by atoms with Crippen molar-refractivity contribution in [2.24, 2.45) is 0 Å². The zero-order valence-corrected chi connectivity index (χ0v) is 14.6. The lowest BCUT2D eigenvalue weighted by Gasteiger charge is -2.11. The Balaban J connectivity index is 1.66. The fourth-order valence-electron chi connectivity index (χ4n) is 2.98. The van der Waals surface area contributed by atoms with Crippen molar-refractivity contribution in [3.63, 3.8) is 0 Å². The van der Waals surface area contributed by atoms with E-state index in [4.69, 9.17) is 0 Å². The summed E-state index contributed by atoms with van der Waals surface area (Å²) in [7, 11) is -1.01. The van der Waals surface area contributed by atoms with Crippen molar-refractivity contribution in [2.75, 3.05) is 5.32 Å². The van der Waals surface area contributed by atoms with E-state index < -0.39 is 10.8 Å². The molecule has 4 rings (SSSR count). The first-order valence-electron chi connectivity index (χ1n) is 8.15. The van der Waals surface area contributed by atoms with Crippen LogP contribution in [0.5, 0.6) is 0 Å². The van der Waals surface area contributed by atoms with Crippen LogP contribution in [0.4, 0.5) is 10.2 Å². The Hall–Kier alpha value is -2.80. The highest BCUT2D eigenvalue weighted by molar-refractivity contribution is 7.83. The molecule has 1 amide bonds. The molecule has 3 aromatic rings. The zero-order chi connectivity index (χ0) is 18.1. The number of hydrogen-bond donors (Lipinski definition) is 1. The number of aromatic nitrogens is 2. The standard InChI is InChI=1S/C19H16FN3O2S/c20-14-6-8-15(9-7-14)23-19(16-11-26(25)12-17(16)22-23)21-18(24)10-13-4-2-1-3-5-13/h1-9H,10-12H2,(H,21,24)/t26-/m1/s1. The van der Waals surface area contributed by atoms with E-state index in [0.717, 1.165) is 11.1 Å². The fourth-order valence-corrected chi connectivity index (χ4v) is 4.25. The Morgan fingerprint density at radius 3 is 2.58 bits per heavy atom. The molecule has 2 heterocycles. The van der Waals surface area contributed by atoms with Crippen LogP contribution in [-0.4, -0.2) is 19.9 Å². The van der Waals surface area contributed by atoms with E-state index >= 15 is 0 Å². The van der Waals surface area contributed by atoms with Crippen LogP contribution in [0, 0.1) is 5.82 Å². The summed E-state index contributed by atoms with van der Waals surface area (Å²) < 4.78 is 26.7. The first-order chi connectivity index (χ1) is 12.6. The lowest BCUT2D eigenvalue weighted by molar-refractivity contribution is -0.115. The maximum Gasteiger partial charge on any atom is 0.229 e. The number of benzene rings is 2. The monoisotopic (exact) mass is 369 g/mol. The minimum Gasteiger partial charge on any atom is -0.310 e. The number of halogens is 1. The molecule has 2 aromatic carbocycles. The van der Waals surface area contributed by atoms with Gasteiger partial charge in [0.1, 0.15) is 11.6 Å². The number of carbonyl (C=O) groups is 1. The Bertz CT molecular complexity index is 984. The predicted octanol–water partition coefficient (Wildman–Crippen LogP) is 2.95. The molecule has 132 valence electrons. The van der Waals surface area contributed by atoms with Gasteiger partial charge in [0.05, 0.1) is 29.3 Å². The van der Waals surface area contributed by atoms with Gasteiger partial charge in [-0.05, 0) is 29.8 Å². The molecule has 0 saturated carbocycles. The van der Waals surface area contributed by atoms with Crippen molar-refractivity contribution in [1.82, 2.24) is 9.78 Å². The molecule has 0 spiro atoms. The first-order valence-corrected chi connectivity index (χ1v) is 9.64. The number of nitrogens with one attached hydrogen (secondary N) is 1. The highest BCUT2D eigenvalue weighted by Gasteiger charge is 2.28. The van der Waals surface area contributed by atoms with Crippen LogP contribution in [0.1, 0.15) is 16.8 Å². The van der Waals surface area contributed by atoms with Gasteiger partial charge in [-0.2, -0.15) is 5.10 Å². The highest BCUT2D eigenvalue weighted by atomic mass is 32.2. The van der Waals surface area contributed by atoms with Gasteiger partial charge in [0.15, 0.2) is 0 Å². The van der Waals surface area contributed by atoms with Gasteiger partial charge in [0, 0.05) is 16.4 Å². The van der Waals surface area contributed by atoms with E-state index in [2.05, 4.69) is 10.4 Å². The molecular formula is C19H16FN3O2S. The summed E-state index contributed by atoms with van der Waals surface area (Å²) in [4.78, 5) is 12.5. The molecule has 1 atom stereocenters. The molecule has 26 heavy (non-hydrogen) atoms. The average Bonchev–Trinajstić information content (AvgIpc) is 3.14. The third kappa shape index (κ3) is 3.30. The van der Waals surface area contributed by atoms with Crippen molar-refractivity contribution in [1.29, 1.82) is 0 Å². The van der Waals surface area contributed by atoms with Gasteiger partial charge in [-0.15, -0.1) is 0 Å². The number of nitrogens with zero attached hydrogens (tertiary/aromatic N) is 2. The predicted molar refractivity (Wildman–Crippen MR) is 97.8 cm³/mol. The van der Waals surface area contributed by atoms with E-state index in [1.807, 2.05) is 30.3 Å². The molecular weight excluding hydrogens is 353 g/mol. The van der Waals surface area contributed by atoms with E-state index in [1.165, 1.54) is 12.1 Å². The van der Waals surface area contributed by atoms with E-state index in [-0.39, 0.29) is 18.1 Å². The van der Waals surface area contributed by atoms with E-state index in [9.17, 15) is 13.4 Å². The van der Waals surface area contributed by atoms with Crippen molar-refractivity contribution >= 4 is 22.5 Å². The smallest absolute Gasteiger partial charge is 0.229 e. The van der Waals surface area contributed by atoms with Crippen LogP contribution in [0.3, 0.4) is 0 Å². The Morgan fingerprint density at radius 1 is 1.12 bits per heavy atom. The van der Waals surface area contributed by atoms with Crippen LogP contribution in [0.2, 0.25) is 0 Å². The van der Waals surface area contributed by atoms with Crippen molar-refractivity contribution in [3.05, 3.63) is 77.2 Å². The van der Waals surface area contributed by atoms with E-state index in [1.54, 1.807) is 16.8 Å². The summed E-state index contributed by atoms with van der Waals surface area (Å²) in [6.07, 6.45) is 0.229. The molecule has 0 radical (unpaired) electrons. The Labute approximate surface area is 152 Å². The number of carbonyl (C=O) groups excluding carboxylic acids is 1. The van der Waals surface area contributed by atoms with Gasteiger partial charge in [0.2, 0.25) is 5.91 Å². The number of hydrogen-bond acceptors (Lipinski definition) is 3. The highest BCUT2D eigenvalue weighted by Crippen LogP contribution is 2.31. The van der Waals surface area contributed by atoms with Crippen molar-refractivity contribution < 1.29 is 13.4 Å². The molecule has 0 unspecified atom stereocenters. The van der Waals surface area contributed by atoms with Crippen molar-refractivity contribution in [3.8, 4) is 5.69 Å². The van der Waals surface area contributed by atoms with Crippen LogP contribution >= 0.6 is 0 Å². The number of rotatable bonds is 4. The second-order valence-electron chi connectivity index (χ2n) is 6.10. The number of amides is 1. The largest absolute Gasteiger partial charge is 0.310 e. The second-order valence-corrected chi connectivity index (χ2v) is 7.56. The van der Waals surface area contributed by atoms with E-state index in [0.29, 0.717) is 28.7 Å². The van der Waals surface area contributed by atoms with Gasteiger partial charge < -0.3 is 5.32 Å². The second kappa shape index (κ2) is 6.84. The Kier molecular flexibility index (Phi) is 4.38. The molecule has 7 heteroatoms. The van der Waals surface area contributed by atoms with Gasteiger partial charge in [-0.1, -0.05) is 30.3 Å². The number of fused-ring (bicyclic) bond motifs is 1. The molecule has 0 saturated heterocycles. The third-order valence-electron chi connectivity index (χ3n) is 4.21.